The lowest BCUT2D eigenvalue weighted by Crippen LogP contribution is -2.18. The van der Waals surface area contributed by atoms with E-state index in [1.807, 2.05) is 0 Å². The van der Waals surface area contributed by atoms with Gasteiger partial charge in [-0.3, -0.25) is 0 Å². The lowest BCUT2D eigenvalue weighted by Gasteiger charge is -2.21. The highest BCUT2D eigenvalue weighted by Gasteiger charge is 2.14. The van der Waals surface area contributed by atoms with Gasteiger partial charge in [-0.05, 0) is 30.4 Å². The van der Waals surface area contributed by atoms with Gasteiger partial charge >= 0.3 is 0 Å². The Morgan fingerprint density at radius 2 is 2.12 bits per heavy atom. The minimum absolute atomic E-state index is 0.0764. The molecule has 0 aromatic carbocycles. The van der Waals surface area contributed by atoms with Crippen LogP contribution in [-0.2, 0) is 0 Å². The molecule has 1 aliphatic rings. The van der Waals surface area contributed by atoms with Crippen molar-refractivity contribution in [2.75, 3.05) is 11.9 Å². The minimum atomic E-state index is -0.444. The Labute approximate surface area is 99.4 Å². The van der Waals surface area contributed by atoms with E-state index in [2.05, 4.69) is 15.3 Å². The third-order valence-corrected chi connectivity index (χ3v) is 3.18. The maximum absolute atomic E-state index is 13.3. The lowest BCUT2D eigenvalue weighted by atomic mass is 9.89. The first-order valence-electron chi connectivity index (χ1n) is 5.67. The van der Waals surface area contributed by atoms with Gasteiger partial charge in [0, 0.05) is 6.54 Å². The second-order valence-corrected chi connectivity index (χ2v) is 4.56. The lowest BCUT2D eigenvalue weighted by molar-refractivity contribution is 0.373. The van der Waals surface area contributed by atoms with Crippen LogP contribution in [0.1, 0.15) is 32.1 Å². The van der Waals surface area contributed by atoms with Crippen molar-refractivity contribution in [2.24, 2.45) is 5.92 Å². The number of hydrogen-bond donors (Lipinski definition) is 1. The van der Waals surface area contributed by atoms with Crippen molar-refractivity contribution >= 4 is 17.4 Å². The van der Waals surface area contributed by atoms with E-state index in [0.717, 1.165) is 12.7 Å². The quantitative estimate of drug-likeness (QED) is 0.828. The maximum atomic E-state index is 13.3. The molecule has 0 amide bonds. The Bertz CT molecular complexity index is 353. The number of rotatable bonds is 3. The average molecular weight is 244 g/mol. The van der Waals surface area contributed by atoms with Crippen LogP contribution < -0.4 is 5.32 Å². The molecule has 16 heavy (non-hydrogen) atoms. The highest BCUT2D eigenvalue weighted by Crippen LogP contribution is 2.24. The molecule has 2 rings (SSSR count). The van der Waals surface area contributed by atoms with E-state index >= 15 is 0 Å². The number of hydrogen-bond acceptors (Lipinski definition) is 3. The smallest absolute Gasteiger partial charge is 0.224 e. The number of nitrogens with zero attached hydrogens (tertiary/aromatic N) is 2. The summed E-state index contributed by atoms with van der Waals surface area (Å²) in [6.07, 6.45) is 7.41. The number of anilines is 1. The fraction of sp³-hybridized carbons (Fsp3) is 0.636. The molecule has 1 saturated carbocycles. The third-order valence-electron chi connectivity index (χ3n) is 3.00. The highest BCUT2D eigenvalue weighted by atomic mass is 35.5. The van der Waals surface area contributed by atoms with Crippen LogP contribution in [0, 0.1) is 11.7 Å². The Morgan fingerprint density at radius 3 is 2.88 bits per heavy atom. The van der Waals surface area contributed by atoms with Gasteiger partial charge in [0.25, 0.3) is 0 Å². The molecule has 1 N–H and O–H groups in total. The fourth-order valence-electron chi connectivity index (χ4n) is 2.10. The Morgan fingerprint density at radius 1 is 1.38 bits per heavy atom. The number of aromatic nitrogens is 2. The molecule has 5 heteroatoms. The van der Waals surface area contributed by atoms with Crippen LogP contribution in [0.25, 0.3) is 0 Å². The van der Waals surface area contributed by atoms with Crippen molar-refractivity contribution in [3.63, 3.8) is 0 Å². The standard InChI is InChI=1S/C11H15ClFN3/c12-11-15-7-9(13)10(16-11)14-6-8-4-2-1-3-5-8/h7-8H,1-6H2,(H,14,15,16). The predicted octanol–water partition coefficient (Wildman–Crippen LogP) is 3.26. The van der Waals surface area contributed by atoms with Gasteiger partial charge in [-0.1, -0.05) is 19.3 Å². The summed E-state index contributed by atoms with van der Waals surface area (Å²) < 4.78 is 13.3. The first kappa shape index (κ1) is 11.6. The van der Waals surface area contributed by atoms with Crippen LogP contribution in [0.15, 0.2) is 6.20 Å². The van der Waals surface area contributed by atoms with Gasteiger partial charge < -0.3 is 5.32 Å². The zero-order valence-electron chi connectivity index (χ0n) is 9.05. The molecule has 1 aliphatic carbocycles. The van der Waals surface area contributed by atoms with E-state index in [0.29, 0.717) is 5.92 Å². The summed E-state index contributed by atoms with van der Waals surface area (Å²) in [5.41, 5.74) is 0. The summed E-state index contributed by atoms with van der Waals surface area (Å²) >= 11 is 5.61. The first-order chi connectivity index (χ1) is 7.75. The number of halogens is 2. The van der Waals surface area contributed by atoms with E-state index < -0.39 is 5.82 Å². The minimum Gasteiger partial charge on any atom is -0.367 e. The molecule has 1 heterocycles. The van der Waals surface area contributed by atoms with Crippen LogP contribution >= 0.6 is 11.6 Å². The molecule has 3 nitrogen and oxygen atoms in total. The zero-order valence-corrected chi connectivity index (χ0v) is 9.80. The van der Waals surface area contributed by atoms with Crippen LogP contribution in [0.2, 0.25) is 5.28 Å². The highest BCUT2D eigenvalue weighted by molar-refractivity contribution is 6.28. The summed E-state index contributed by atoms with van der Waals surface area (Å²) in [4.78, 5) is 7.40. The summed E-state index contributed by atoms with van der Waals surface area (Å²) in [6, 6.07) is 0. The van der Waals surface area contributed by atoms with Crippen LogP contribution in [0.3, 0.4) is 0 Å². The van der Waals surface area contributed by atoms with Gasteiger partial charge in [-0.25, -0.2) is 9.37 Å². The molecule has 0 radical (unpaired) electrons. The van der Waals surface area contributed by atoms with Crippen molar-refractivity contribution in [1.82, 2.24) is 9.97 Å². The van der Waals surface area contributed by atoms with Gasteiger partial charge in [0.1, 0.15) is 0 Å². The summed E-state index contributed by atoms with van der Waals surface area (Å²) in [5.74, 6) is 0.396. The van der Waals surface area contributed by atoms with Crippen molar-refractivity contribution in [3.05, 3.63) is 17.3 Å². The molecule has 0 bridgehead atoms. The number of nitrogens with one attached hydrogen (secondary N) is 1. The second kappa shape index (κ2) is 5.43. The fourth-order valence-corrected chi connectivity index (χ4v) is 2.24. The van der Waals surface area contributed by atoms with E-state index in [1.165, 1.54) is 32.1 Å². The van der Waals surface area contributed by atoms with Gasteiger partial charge in [0.05, 0.1) is 6.20 Å². The largest absolute Gasteiger partial charge is 0.367 e. The molecule has 0 unspecified atom stereocenters. The summed E-state index contributed by atoms with van der Waals surface area (Å²) in [7, 11) is 0. The van der Waals surface area contributed by atoms with E-state index in [-0.39, 0.29) is 11.1 Å². The molecule has 1 aromatic heterocycles. The Hall–Kier alpha value is -0.900. The maximum Gasteiger partial charge on any atom is 0.224 e. The molecular formula is C11H15ClFN3. The molecule has 0 aliphatic heterocycles. The van der Waals surface area contributed by atoms with Gasteiger partial charge in [-0.2, -0.15) is 4.98 Å². The summed E-state index contributed by atoms with van der Waals surface area (Å²) in [6.45, 7) is 0.768. The first-order valence-corrected chi connectivity index (χ1v) is 6.05. The topological polar surface area (TPSA) is 37.8 Å². The van der Waals surface area contributed by atoms with Gasteiger partial charge in [0.2, 0.25) is 5.28 Å². The van der Waals surface area contributed by atoms with E-state index in [9.17, 15) is 4.39 Å². The summed E-state index contributed by atoms with van der Waals surface area (Å²) in [5, 5.41) is 3.09. The molecule has 1 fully saturated rings. The van der Waals surface area contributed by atoms with Crippen molar-refractivity contribution in [3.8, 4) is 0 Å². The van der Waals surface area contributed by atoms with Crippen molar-refractivity contribution < 1.29 is 4.39 Å². The van der Waals surface area contributed by atoms with E-state index in [4.69, 9.17) is 11.6 Å². The molecular weight excluding hydrogens is 229 g/mol. The predicted molar refractivity (Wildman–Crippen MR) is 62.1 cm³/mol. The zero-order chi connectivity index (χ0) is 11.4. The van der Waals surface area contributed by atoms with Crippen LogP contribution in [0.4, 0.5) is 10.2 Å². The second-order valence-electron chi connectivity index (χ2n) is 4.22. The molecule has 0 saturated heterocycles. The molecule has 0 atom stereocenters. The van der Waals surface area contributed by atoms with Crippen molar-refractivity contribution in [1.29, 1.82) is 0 Å². The monoisotopic (exact) mass is 243 g/mol. The van der Waals surface area contributed by atoms with E-state index in [1.54, 1.807) is 0 Å². The van der Waals surface area contributed by atoms with Gasteiger partial charge in [0.15, 0.2) is 11.6 Å². The van der Waals surface area contributed by atoms with Gasteiger partial charge in [-0.15, -0.1) is 0 Å². The SMILES string of the molecule is Fc1cnc(Cl)nc1NCC1CCCCC1. The normalized spacial score (nSPS) is 17.4. The molecule has 88 valence electrons. The Balaban J connectivity index is 1.90. The third kappa shape index (κ3) is 3.04. The van der Waals surface area contributed by atoms with Crippen LogP contribution in [0.5, 0.6) is 0 Å². The van der Waals surface area contributed by atoms with Crippen molar-refractivity contribution in [2.45, 2.75) is 32.1 Å². The van der Waals surface area contributed by atoms with Crippen LogP contribution in [-0.4, -0.2) is 16.5 Å². The molecule has 1 aromatic rings. The average Bonchev–Trinajstić information content (AvgIpc) is 2.32. The Kier molecular flexibility index (Phi) is 3.93. The molecule has 0 spiro atoms.